The van der Waals surface area contributed by atoms with Crippen molar-refractivity contribution >= 4 is 12.0 Å². The monoisotopic (exact) mass is 389 g/mol. The summed E-state index contributed by atoms with van der Waals surface area (Å²) >= 11 is 0. The van der Waals surface area contributed by atoms with Crippen LogP contribution in [0.25, 0.3) is 17.5 Å². The van der Waals surface area contributed by atoms with Crippen LogP contribution in [-0.2, 0) is 11.3 Å². The van der Waals surface area contributed by atoms with Gasteiger partial charge in [-0.1, -0.05) is 41.1 Å². The lowest BCUT2D eigenvalue weighted by molar-refractivity contribution is -0.127. The highest BCUT2D eigenvalue weighted by molar-refractivity contribution is 5.91. The van der Waals surface area contributed by atoms with Crippen LogP contribution in [0, 0.1) is 6.92 Å². The van der Waals surface area contributed by atoms with Crippen LogP contribution in [-0.4, -0.2) is 57.0 Å². The van der Waals surface area contributed by atoms with E-state index in [9.17, 15) is 4.79 Å². The van der Waals surface area contributed by atoms with E-state index in [2.05, 4.69) is 20.0 Å². The zero-order valence-corrected chi connectivity index (χ0v) is 16.4. The summed E-state index contributed by atoms with van der Waals surface area (Å²) in [5.41, 5.74) is 3.06. The molecule has 2 aromatic heterocycles. The summed E-state index contributed by atoms with van der Waals surface area (Å²) in [5, 5.41) is 4.09. The number of amides is 1. The molecule has 4 rings (SSSR count). The topological polar surface area (TPSA) is 75.4 Å². The number of hydrogen-bond acceptors (Lipinski definition) is 6. The third-order valence-corrected chi connectivity index (χ3v) is 4.92. The minimum absolute atomic E-state index is 0.0213. The van der Waals surface area contributed by atoms with Crippen molar-refractivity contribution in [1.82, 2.24) is 24.9 Å². The van der Waals surface area contributed by atoms with Gasteiger partial charge in [0.2, 0.25) is 17.6 Å². The maximum Gasteiger partial charge on any atom is 0.246 e. The molecule has 3 heterocycles. The molecule has 1 amide bonds. The number of nitrogens with zero attached hydrogens (tertiary/aromatic N) is 5. The molecule has 0 saturated carbocycles. The van der Waals surface area contributed by atoms with E-state index in [4.69, 9.17) is 4.52 Å². The molecule has 0 atom stereocenters. The molecule has 0 N–H and O–H groups in total. The summed E-state index contributed by atoms with van der Waals surface area (Å²) in [5.74, 6) is 1.22. The van der Waals surface area contributed by atoms with Crippen LogP contribution in [0.4, 0.5) is 0 Å². The average Bonchev–Trinajstić information content (AvgIpc) is 3.22. The van der Waals surface area contributed by atoms with Crippen LogP contribution < -0.4 is 0 Å². The van der Waals surface area contributed by atoms with Crippen molar-refractivity contribution in [3.63, 3.8) is 0 Å². The van der Waals surface area contributed by atoms with Crippen molar-refractivity contribution in [3.8, 4) is 11.4 Å². The number of aromatic nitrogens is 3. The first-order valence-electron chi connectivity index (χ1n) is 9.66. The highest BCUT2D eigenvalue weighted by Crippen LogP contribution is 2.17. The maximum atomic E-state index is 12.4. The Morgan fingerprint density at radius 2 is 1.93 bits per heavy atom. The van der Waals surface area contributed by atoms with E-state index in [0.29, 0.717) is 31.3 Å². The minimum Gasteiger partial charge on any atom is -0.338 e. The zero-order chi connectivity index (χ0) is 20.1. The third kappa shape index (κ3) is 4.94. The van der Waals surface area contributed by atoms with E-state index < -0.39 is 0 Å². The Kier molecular flexibility index (Phi) is 5.76. The van der Waals surface area contributed by atoms with Crippen molar-refractivity contribution in [2.45, 2.75) is 13.5 Å². The molecule has 1 aliphatic rings. The number of piperazine rings is 1. The van der Waals surface area contributed by atoms with Gasteiger partial charge in [-0.05, 0) is 24.6 Å². The van der Waals surface area contributed by atoms with Gasteiger partial charge in [-0.15, -0.1) is 0 Å². The van der Waals surface area contributed by atoms with E-state index in [-0.39, 0.29) is 5.91 Å². The zero-order valence-electron chi connectivity index (χ0n) is 16.4. The van der Waals surface area contributed by atoms with Gasteiger partial charge < -0.3 is 9.42 Å². The molecule has 0 bridgehead atoms. The summed E-state index contributed by atoms with van der Waals surface area (Å²) in [6.45, 7) is 5.53. The van der Waals surface area contributed by atoms with Crippen molar-refractivity contribution in [2.24, 2.45) is 0 Å². The quantitative estimate of drug-likeness (QED) is 0.625. The van der Waals surface area contributed by atoms with E-state index in [1.165, 1.54) is 5.56 Å². The van der Waals surface area contributed by atoms with Gasteiger partial charge in [0.15, 0.2) is 0 Å². The van der Waals surface area contributed by atoms with Gasteiger partial charge >= 0.3 is 0 Å². The Morgan fingerprint density at radius 3 is 2.66 bits per heavy atom. The lowest BCUT2D eigenvalue weighted by atomic mass is 10.1. The molecule has 0 unspecified atom stereocenters. The smallest absolute Gasteiger partial charge is 0.246 e. The van der Waals surface area contributed by atoms with Crippen molar-refractivity contribution in [3.05, 3.63) is 71.9 Å². The number of benzene rings is 1. The summed E-state index contributed by atoms with van der Waals surface area (Å²) < 4.78 is 5.41. The van der Waals surface area contributed by atoms with Gasteiger partial charge in [-0.25, -0.2) is 0 Å². The van der Waals surface area contributed by atoms with Gasteiger partial charge in [0.05, 0.1) is 6.54 Å². The normalized spacial score (nSPS) is 15.1. The number of pyridine rings is 1. The molecule has 0 aliphatic carbocycles. The molecular formula is C22H23N5O2. The molecule has 3 aromatic rings. The molecule has 1 fully saturated rings. The van der Waals surface area contributed by atoms with Gasteiger partial charge in [0.25, 0.3) is 0 Å². The number of carbonyl (C=O) groups excluding carboxylic acids is 1. The van der Waals surface area contributed by atoms with Crippen molar-refractivity contribution < 1.29 is 9.32 Å². The van der Waals surface area contributed by atoms with Crippen LogP contribution in [0.1, 0.15) is 17.0 Å². The Balaban J connectivity index is 1.28. The number of carbonyl (C=O) groups is 1. The molecule has 0 radical (unpaired) electrons. The largest absolute Gasteiger partial charge is 0.338 e. The second-order valence-electron chi connectivity index (χ2n) is 7.10. The fourth-order valence-electron chi connectivity index (χ4n) is 3.20. The molecule has 29 heavy (non-hydrogen) atoms. The first-order chi connectivity index (χ1) is 14.2. The summed E-state index contributed by atoms with van der Waals surface area (Å²) in [4.78, 5) is 25.0. The number of aryl methyl sites for hydroxylation is 1. The Labute approximate surface area is 169 Å². The summed E-state index contributed by atoms with van der Waals surface area (Å²) in [6, 6.07) is 11.8. The molecule has 1 aromatic carbocycles. The Hall–Kier alpha value is -3.32. The van der Waals surface area contributed by atoms with E-state index in [0.717, 1.165) is 24.2 Å². The van der Waals surface area contributed by atoms with Gasteiger partial charge in [-0.3, -0.25) is 14.7 Å². The lowest BCUT2D eigenvalue weighted by Gasteiger charge is -2.33. The van der Waals surface area contributed by atoms with Crippen LogP contribution >= 0.6 is 0 Å². The van der Waals surface area contributed by atoms with Crippen LogP contribution in [0.15, 0.2) is 59.4 Å². The van der Waals surface area contributed by atoms with E-state index >= 15 is 0 Å². The highest BCUT2D eigenvalue weighted by Gasteiger charge is 2.21. The number of hydrogen-bond donors (Lipinski definition) is 0. The third-order valence-electron chi connectivity index (χ3n) is 4.92. The predicted molar refractivity (Wildman–Crippen MR) is 110 cm³/mol. The first-order valence-corrected chi connectivity index (χ1v) is 9.66. The molecule has 0 spiro atoms. The molecule has 7 heteroatoms. The lowest BCUT2D eigenvalue weighted by Crippen LogP contribution is -2.47. The van der Waals surface area contributed by atoms with Crippen LogP contribution in [0.3, 0.4) is 0 Å². The molecule has 148 valence electrons. The van der Waals surface area contributed by atoms with E-state index in [1.807, 2.05) is 48.2 Å². The highest BCUT2D eigenvalue weighted by atomic mass is 16.5. The fraction of sp³-hybridized carbons (Fsp3) is 0.273. The first kappa shape index (κ1) is 19.0. The number of rotatable bonds is 5. The predicted octanol–water partition coefficient (Wildman–Crippen LogP) is 2.80. The molecule has 7 nitrogen and oxygen atoms in total. The van der Waals surface area contributed by atoms with Crippen molar-refractivity contribution in [2.75, 3.05) is 26.2 Å². The summed E-state index contributed by atoms with van der Waals surface area (Å²) in [7, 11) is 0. The van der Waals surface area contributed by atoms with Crippen molar-refractivity contribution in [1.29, 1.82) is 0 Å². The fourth-order valence-corrected chi connectivity index (χ4v) is 3.20. The minimum atomic E-state index is 0.0213. The maximum absolute atomic E-state index is 12.4. The van der Waals surface area contributed by atoms with Crippen LogP contribution in [0.2, 0.25) is 0 Å². The molecule has 1 aliphatic heterocycles. The second kappa shape index (κ2) is 8.79. The van der Waals surface area contributed by atoms with Gasteiger partial charge in [0, 0.05) is 50.2 Å². The molecule has 1 saturated heterocycles. The molecular weight excluding hydrogens is 366 g/mol. The summed E-state index contributed by atoms with van der Waals surface area (Å²) in [6.07, 6.45) is 6.85. The Bertz CT molecular complexity index is 974. The Morgan fingerprint density at radius 1 is 1.14 bits per heavy atom. The van der Waals surface area contributed by atoms with Crippen LogP contribution in [0.5, 0.6) is 0 Å². The standard InChI is InChI=1S/C22H23N5O2/c1-17-4-7-19(8-5-17)22-24-20(29-25-22)16-26-11-13-27(14-12-26)21(28)9-6-18-3-2-10-23-15-18/h2-10,15H,11-14,16H2,1H3/b9-6+. The van der Waals surface area contributed by atoms with Gasteiger partial charge in [-0.2, -0.15) is 4.98 Å². The van der Waals surface area contributed by atoms with Gasteiger partial charge in [0.1, 0.15) is 0 Å². The van der Waals surface area contributed by atoms with E-state index in [1.54, 1.807) is 24.5 Å². The average molecular weight is 389 g/mol. The SMILES string of the molecule is Cc1ccc(-c2noc(CN3CCN(C(=O)/C=C/c4cccnc4)CC3)n2)cc1. The second-order valence-corrected chi connectivity index (χ2v) is 7.10.